The fourth-order valence-corrected chi connectivity index (χ4v) is 3.23. The van der Waals surface area contributed by atoms with Gasteiger partial charge in [0.05, 0.1) is 18.8 Å². The number of nitrogens with one attached hydrogen (secondary N) is 2. The van der Waals surface area contributed by atoms with Crippen LogP contribution in [0.15, 0.2) is 36.5 Å². The van der Waals surface area contributed by atoms with Gasteiger partial charge in [0.1, 0.15) is 11.4 Å². The highest BCUT2D eigenvalue weighted by Crippen LogP contribution is 2.44. The van der Waals surface area contributed by atoms with Gasteiger partial charge in [0.25, 0.3) is 5.91 Å². The summed E-state index contributed by atoms with van der Waals surface area (Å²) in [6.45, 7) is 2.04. The lowest BCUT2D eigenvalue weighted by atomic mass is 9.96. The molecule has 9 heteroatoms. The Morgan fingerprint density at radius 3 is 2.74 bits per heavy atom. The highest BCUT2D eigenvalue weighted by molar-refractivity contribution is 5.99. The zero-order valence-corrected chi connectivity index (χ0v) is 15.0. The maximum atomic E-state index is 13.6. The van der Waals surface area contributed by atoms with Crippen LogP contribution in [-0.2, 0) is 4.74 Å². The molecule has 0 aliphatic carbocycles. The van der Waals surface area contributed by atoms with Crippen molar-refractivity contribution < 1.29 is 22.7 Å². The Kier molecular flexibility index (Phi) is 5.41. The third-order valence-electron chi connectivity index (χ3n) is 4.48. The molecule has 0 radical (unpaired) electrons. The lowest BCUT2D eigenvalue weighted by Crippen LogP contribution is -2.38. The van der Waals surface area contributed by atoms with Crippen molar-refractivity contribution in [2.45, 2.75) is 37.6 Å². The number of amides is 1. The minimum Gasteiger partial charge on any atom is -0.383 e. The number of carbonyl (C=O) groups is 1. The Balaban J connectivity index is 1.94. The van der Waals surface area contributed by atoms with E-state index in [-0.39, 0.29) is 23.8 Å². The predicted molar refractivity (Wildman–Crippen MR) is 93.5 cm³/mol. The van der Waals surface area contributed by atoms with Crippen molar-refractivity contribution in [2.75, 3.05) is 19.0 Å². The lowest BCUT2D eigenvalue weighted by Gasteiger charge is -2.34. The number of rotatable bonds is 5. The van der Waals surface area contributed by atoms with Crippen LogP contribution in [0.2, 0.25) is 0 Å². The number of anilines is 1. The van der Waals surface area contributed by atoms with Crippen LogP contribution < -0.4 is 10.6 Å². The van der Waals surface area contributed by atoms with Crippen LogP contribution >= 0.6 is 0 Å². The zero-order valence-electron chi connectivity index (χ0n) is 15.0. The number of alkyl halides is 3. The molecular weight excluding hydrogens is 361 g/mol. The minimum absolute atomic E-state index is 0.0690. The predicted octanol–water partition coefficient (Wildman–Crippen LogP) is 3.31. The summed E-state index contributed by atoms with van der Waals surface area (Å²) in [6.07, 6.45) is -3.51. The molecular formula is C18H21F3N4O2. The number of hydrogen-bond acceptors (Lipinski definition) is 4. The van der Waals surface area contributed by atoms with Crippen LogP contribution in [0.5, 0.6) is 0 Å². The Morgan fingerprint density at radius 1 is 1.41 bits per heavy atom. The summed E-state index contributed by atoms with van der Waals surface area (Å²) in [5.74, 6) is -0.428. The van der Waals surface area contributed by atoms with E-state index in [0.29, 0.717) is 6.61 Å². The van der Waals surface area contributed by atoms with Crippen molar-refractivity contribution in [1.82, 2.24) is 15.1 Å². The number of aromatic nitrogens is 2. The molecule has 6 nitrogen and oxygen atoms in total. The molecule has 1 aromatic heterocycles. The molecule has 1 aliphatic rings. The van der Waals surface area contributed by atoms with Gasteiger partial charge in [-0.3, -0.25) is 4.79 Å². The summed E-state index contributed by atoms with van der Waals surface area (Å²) in [5.41, 5.74) is 0.797. The zero-order chi connectivity index (χ0) is 19.6. The van der Waals surface area contributed by atoms with Gasteiger partial charge in [-0.2, -0.15) is 18.3 Å². The molecule has 2 heterocycles. The van der Waals surface area contributed by atoms with Gasteiger partial charge in [0.15, 0.2) is 6.04 Å². The van der Waals surface area contributed by atoms with Gasteiger partial charge in [-0.1, -0.05) is 30.3 Å². The van der Waals surface area contributed by atoms with Crippen LogP contribution in [0, 0.1) is 0 Å². The van der Waals surface area contributed by atoms with Gasteiger partial charge in [-0.25, -0.2) is 4.68 Å². The van der Waals surface area contributed by atoms with E-state index in [0.717, 1.165) is 10.2 Å². The van der Waals surface area contributed by atoms with Crippen LogP contribution in [0.3, 0.4) is 0 Å². The third kappa shape index (κ3) is 4.08. The molecule has 2 N–H and O–H groups in total. The average molecular weight is 382 g/mol. The minimum atomic E-state index is -4.48. The van der Waals surface area contributed by atoms with Gasteiger partial charge in [0, 0.05) is 19.6 Å². The van der Waals surface area contributed by atoms with Gasteiger partial charge in [-0.05, 0) is 12.5 Å². The number of halogens is 3. The second-order valence-corrected chi connectivity index (χ2v) is 6.58. The molecule has 3 rings (SSSR count). The number of nitrogens with zero attached hydrogens (tertiary/aromatic N) is 2. The molecule has 0 fully saturated rings. The van der Waals surface area contributed by atoms with Crippen molar-refractivity contribution in [2.24, 2.45) is 0 Å². The molecule has 0 bridgehead atoms. The quantitative estimate of drug-likeness (QED) is 0.833. The van der Waals surface area contributed by atoms with Crippen molar-refractivity contribution in [1.29, 1.82) is 0 Å². The summed E-state index contributed by atoms with van der Waals surface area (Å²) in [5, 5.41) is 9.61. The van der Waals surface area contributed by atoms with Crippen LogP contribution in [0.1, 0.15) is 41.3 Å². The molecule has 1 aromatic carbocycles. The standard InChI is InChI=1S/C18H21F3N4O2/c1-11(10-27-2)23-17(26)13-9-22-25-15(18(19,20)21)8-14(24-16(13)25)12-6-4-3-5-7-12/h3-7,9,11,14-15,24H,8,10H2,1-2H3,(H,23,26). The van der Waals surface area contributed by atoms with Gasteiger partial charge in [-0.15, -0.1) is 0 Å². The molecule has 0 spiro atoms. The van der Waals surface area contributed by atoms with Gasteiger partial charge < -0.3 is 15.4 Å². The number of benzene rings is 1. The molecule has 27 heavy (non-hydrogen) atoms. The Hall–Kier alpha value is -2.55. The van der Waals surface area contributed by atoms with E-state index in [9.17, 15) is 18.0 Å². The van der Waals surface area contributed by atoms with Crippen molar-refractivity contribution in [3.05, 3.63) is 47.7 Å². The normalized spacial score (nSPS) is 20.5. The first kappa shape index (κ1) is 19.2. The summed E-state index contributed by atoms with van der Waals surface area (Å²) in [7, 11) is 1.50. The van der Waals surface area contributed by atoms with Crippen molar-refractivity contribution in [3.63, 3.8) is 0 Å². The third-order valence-corrected chi connectivity index (χ3v) is 4.48. The van der Waals surface area contributed by atoms with E-state index in [2.05, 4.69) is 15.7 Å². The van der Waals surface area contributed by atoms with Gasteiger partial charge >= 0.3 is 6.18 Å². The molecule has 3 unspecified atom stereocenters. The number of hydrogen-bond donors (Lipinski definition) is 2. The lowest BCUT2D eigenvalue weighted by molar-refractivity contribution is -0.173. The van der Waals surface area contributed by atoms with E-state index in [1.54, 1.807) is 37.3 Å². The fourth-order valence-electron chi connectivity index (χ4n) is 3.23. The Labute approximate surface area is 154 Å². The maximum absolute atomic E-state index is 13.6. The Morgan fingerprint density at radius 2 is 2.11 bits per heavy atom. The van der Waals surface area contributed by atoms with E-state index < -0.39 is 24.2 Å². The Bertz CT molecular complexity index is 792. The van der Waals surface area contributed by atoms with E-state index in [4.69, 9.17) is 4.74 Å². The van der Waals surface area contributed by atoms with Crippen LogP contribution in [-0.4, -0.2) is 41.6 Å². The summed E-state index contributed by atoms with van der Waals surface area (Å²) < 4.78 is 46.7. The maximum Gasteiger partial charge on any atom is 0.410 e. The second-order valence-electron chi connectivity index (χ2n) is 6.58. The summed E-state index contributed by atoms with van der Waals surface area (Å²) >= 11 is 0. The largest absolute Gasteiger partial charge is 0.410 e. The molecule has 2 aromatic rings. The number of methoxy groups -OCH3 is 1. The van der Waals surface area contributed by atoms with Crippen LogP contribution in [0.4, 0.5) is 19.0 Å². The fraction of sp³-hybridized carbons (Fsp3) is 0.444. The number of carbonyl (C=O) groups excluding carboxylic acids is 1. The van der Waals surface area contributed by atoms with Gasteiger partial charge in [0.2, 0.25) is 0 Å². The summed E-state index contributed by atoms with van der Waals surface area (Å²) in [6, 6.07) is 6.19. The van der Waals surface area contributed by atoms with Crippen LogP contribution in [0.25, 0.3) is 0 Å². The molecule has 1 aliphatic heterocycles. The molecule has 0 saturated carbocycles. The van der Waals surface area contributed by atoms with Crippen molar-refractivity contribution in [3.8, 4) is 0 Å². The van der Waals surface area contributed by atoms with E-state index in [1.165, 1.54) is 13.3 Å². The first-order valence-electron chi connectivity index (χ1n) is 8.56. The van der Waals surface area contributed by atoms with E-state index >= 15 is 0 Å². The second kappa shape index (κ2) is 7.59. The smallest absolute Gasteiger partial charge is 0.383 e. The highest BCUT2D eigenvalue weighted by atomic mass is 19.4. The topological polar surface area (TPSA) is 68.2 Å². The van der Waals surface area contributed by atoms with E-state index in [1.807, 2.05) is 0 Å². The van der Waals surface area contributed by atoms with Crippen molar-refractivity contribution >= 4 is 11.7 Å². The SMILES string of the molecule is COCC(C)NC(=O)c1cnn2c1NC(c1ccccc1)CC2C(F)(F)F. The molecule has 0 saturated heterocycles. The first-order valence-corrected chi connectivity index (χ1v) is 8.56. The first-order chi connectivity index (χ1) is 12.8. The molecule has 1 amide bonds. The average Bonchev–Trinajstić information content (AvgIpc) is 3.05. The molecule has 146 valence electrons. The number of ether oxygens (including phenoxy) is 1. The summed E-state index contributed by atoms with van der Waals surface area (Å²) in [4.78, 5) is 12.5. The molecule has 3 atom stereocenters. The number of fused-ring (bicyclic) bond motifs is 1. The monoisotopic (exact) mass is 382 g/mol. The highest BCUT2D eigenvalue weighted by Gasteiger charge is 2.47.